The van der Waals surface area contributed by atoms with Gasteiger partial charge in [-0.25, -0.2) is 0 Å². The molecule has 0 aromatic heterocycles. The van der Waals surface area contributed by atoms with E-state index in [0.29, 0.717) is 40.7 Å². The summed E-state index contributed by atoms with van der Waals surface area (Å²) < 4.78 is 9.96. The van der Waals surface area contributed by atoms with Crippen LogP contribution in [0.25, 0.3) is 0 Å². The highest BCUT2D eigenvalue weighted by atomic mass is 35.5. The number of carbonyl (C=O) groups excluding carboxylic acids is 2. The second-order valence-electron chi connectivity index (χ2n) is 5.13. The molecule has 2 N–H and O–H groups in total. The van der Waals surface area contributed by atoms with Crippen LogP contribution in [0.1, 0.15) is 20.7 Å². The minimum atomic E-state index is -0.340. The number of carbonyl (C=O) groups is 2. The quantitative estimate of drug-likeness (QED) is 0.742. The summed E-state index contributed by atoms with van der Waals surface area (Å²) in [6.07, 6.45) is 0. The molecule has 0 spiro atoms. The molecule has 0 aliphatic rings. The van der Waals surface area contributed by atoms with Gasteiger partial charge in [0.1, 0.15) is 5.75 Å². The van der Waals surface area contributed by atoms with E-state index in [0.717, 1.165) is 0 Å². The fourth-order valence-electron chi connectivity index (χ4n) is 2.12. The monoisotopic (exact) mass is 362 g/mol. The number of halogens is 1. The lowest BCUT2D eigenvalue weighted by Crippen LogP contribution is -2.27. The molecule has 2 rings (SSSR count). The van der Waals surface area contributed by atoms with Crippen LogP contribution in [0, 0.1) is 0 Å². The number of methoxy groups -OCH3 is 2. The van der Waals surface area contributed by atoms with E-state index in [9.17, 15) is 9.59 Å². The Bertz CT molecular complexity index is 764. The molecular weight excluding hydrogens is 344 g/mol. The Morgan fingerprint density at radius 1 is 1.04 bits per heavy atom. The van der Waals surface area contributed by atoms with Crippen molar-refractivity contribution >= 4 is 29.1 Å². The molecule has 2 aromatic carbocycles. The number of benzene rings is 2. The first kappa shape index (κ1) is 18.8. The van der Waals surface area contributed by atoms with Crippen LogP contribution in [-0.4, -0.2) is 39.2 Å². The van der Waals surface area contributed by atoms with Crippen LogP contribution in [-0.2, 0) is 4.74 Å². The van der Waals surface area contributed by atoms with Gasteiger partial charge in [-0.05, 0) is 36.4 Å². The average molecular weight is 363 g/mol. The average Bonchev–Trinajstić information content (AvgIpc) is 2.62. The van der Waals surface area contributed by atoms with Crippen LogP contribution < -0.4 is 15.4 Å². The number of amides is 2. The summed E-state index contributed by atoms with van der Waals surface area (Å²) in [5, 5.41) is 5.84. The molecule has 0 aliphatic heterocycles. The second kappa shape index (κ2) is 9.05. The normalized spacial score (nSPS) is 10.2. The zero-order valence-electron chi connectivity index (χ0n) is 14.0. The Morgan fingerprint density at radius 3 is 2.40 bits per heavy atom. The summed E-state index contributed by atoms with van der Waals surface area (Å²) in [7, 11) is 3.07. The minimum absolute atomic E-state index is 0.265. The lowest BCUT2D eigenvalue weighted by atomic mass is 10.1. The van der Waals surface area contributed by atoms with Gasteiger partial charge < -0.3 is 20.1 Å². The molecule has 0 unspecified atom stereocenters. The Labute approximate surface area is 151 Å². The van der Waals surface area contributed by atoms with Crippen LogP contribution in [0.3, 0.4) is 0 Å². The molecule has 25 heavy (non-hydrogen) atoms. The number of hydrogen-bond acceptors (Lipinski definition) is 4. The van der Waals surface area contributed by atoms with Crippen molar-refractivity contribution in [1.82, 2.24) is 5.32 Å². The molecule has 0 saturated carbocycles. The molecule has 6 nitrogen and oxygen atoms in total. The van der Waals surface area contributed by atoms with E-state index in [2.05, 4.69) is 10.6 Å². The summed E-state index contributed by atoms with van der Waals surface area (Å²) in [4.78, 5) is 24.4. The van der Waals surface area contributed by atoms with Gasteiger partial charge in [0.2, 0.25) is 0 Å². The zero-order valence-corrected chi connectivity index (χ0v) is 14.7. The molecule has 7 heteroatoms. The Morgan fingerprint density at radius 2 is 1.76 bits per heavy atom. The van der Waals surface area contributed by atoms with Crippen molar-refractivity contribution in [3.05, 3.63) is 58.6 Å². The third-order valence-corrected chi connectivity index (χ3v) is 3.68. The Kier molecular flexibility index (Phi) is 6.80. The summed E-state index contributed by atoms with van der Waals surface area (Å²) in [6, 6.07) is 11.4. The Hall–Kier alpha value is -2.57. The van der Waals surface area contributed by atoms with Gasteiger partial charge in [-0.3, -0.25) is 9.59 Å². The van der Waals surface area contributed by atoms with Crippen molar-refractivity contribution in [2.75, 3.05) is 32.7 Å². The largest absolute Gasteiger partial charge is 0.495 e. The zero-order chi connectivity index (χ0) is 18.2. The predicted octanol–water partition coefficient (Wildman–Crippen LogP) is 2.98. The highest BCUT2D eigenvalue weighted by Gasteiger charge is 2.11. The van der Waals surface area contributed by atoms with Gasteiger partial charge in [0, 0.05) is 30.5 Å². The highest BCUT2D eigenvalue weighted by Crippen LogP contribution is 2.27. The van der Waals surface area contributed by atoms with E-state index in [1.807, 2.05) is 0 Å². The van der Waals surface area contributed by atoms with Crippen molar-refractivity contribution in [2.24, 2.45) is 0 Å². The van der Waals surface area contributed by atoms with Gasteiger partial charge in [-0.2, -0.15) is 0 Å². The molecule has 132 valence electrons. The molecule has 2 amide bonds. The van der Waals surface area contributed by atoms with Crippen molar-refractivity contribution in [1.29, 1.82) is 0 Å². The number of anilines is 1. The van der Waals surface area contributed by atoms with Crippen molar-refractivity contribution in [3.63, 3.8) is 0 Å². The summed E-state index contributed by atoms with van der Waals surface area (Å²) >= 11 is 6.05. The smallest absolute Gasteiger partial charge is 0.255 e. The number of nitrogens with one attached hydrogen (secondary N) is 2. The van der Waals surface area contributed by atoms with E-state index >= 15 is 0 Å². The third-order valence-electron chi connectivity index (χ3n) is 3.39. The summed E-state index contributed by atoms with van der Waals surface area (Å²) in [5.74, 6) is -0.0821. The number of rotatable bonds is 7. The van der Waals surface area contributed by atoms with Crippen LogP contribution in [0.15, 0.2) is 42.5 Å². The summed E-state index contributed by atoms with van der Waals surface area (Å²) in [5.41, 5.74) is 1.30. The fourth-order valence-corrected chi connectivity index (χ4v) is 2.38. The predicted molar refractivity (Wildman–Crippen MR) is 96.6 cm³/mol. The van der Waals surface area contributed by atoms with Gasteiger partial charge >= 0.3 is 0 Å². The highest BCUT2D eigenvalue weighted by molar-refractivity contribution is 6.32. The minimum Gasteiger partial charge on any atom is -0.495 e. The van der Waals surface area contributed by atoms with Crippen molar-refractivity contribution in [2.45, 2.75) is 0 Å². The van der Waals surface area contributed by atoms with E-state index in [1.165, 1.54) is 13.2 Å². The molecule has 0 atom stereocenters. The van der Waals surface area contributed by atoms with Crippen LogP contribution in [0.5, 0.6) is 5.75 Å². The first-order chi connectivity index (χ1) is 12.0. The molecule has 2 aromatic rings. The van der Waals surface area contributed by atoms with Gasteiger partial charge in [0.15, 0.2) is 0 Å². The molecule has 0 saturated heterocycles. The fraction of sp³-hybridized carbons (Fsp3) is 0.222. The summed E-state index contributed by atoms with van der Waals surface area (Å²) in [6.45, 7) is 0.820. The van der Waals surface area contributed by atoms with Crippen LogP contribution >= 0.6 is 11.6 Å². The van der Waals surface area contributed by atoms with E-state index in [1.54, 1.807) is 43.5 Å². The molecule has 0 bridgehead atoms. The molecule has 0 radical (unpaired) electrons. The topological polar surface area (TPSA) is 76.7 Å². The lowest BCUT2D eigenvalue weighted by Gasteiger charge is -2.09. The van der Waals surface area contributed by atoms with E-state index < -0.39 is 0 Å². The maximum Gasteiger partial charge on any atom is 0.255 e. The van der Waals surface area contributed by atoms with E-state index in [-0.39, 0.29) is 11.8 Å². The molecule has 0 fully saturated rings. The Balaban J connectivity index is 2.08. The van der Waals surface area contributed by atoms with Crippen molar-refractivity contribution in [3.8, 4) is 5.75 Å². The van der Waals surface area contributed by atoms with Gasteiger partial charge in [-0.1, -0.05) is 17.7 Å². The number of hydrogen-bond donors (Lipinski definition) is 2. The third kappa shape index (κ3) is 5.20. The maximum absolute atomic E-state index is 12.4. The SMILES string of the molecule is COCCNC(=O)c1cccc(C(=O)Nc2ccc(OC)c(Cl)c2)c1. The lowest BCUT2D eigenvalue weighted by molar-refractivity contribution is 0.0937. The first-order valence-corrected chi connectivity index (χ1v) is 7.95. The van der Waals surface area contributed by atoms with Crippen LogP contribution in [0.4, 0.5) is 5.69 Å². The molecular formula is C18H19ClN2O4. The first-order valence-electron chi connectivity index (χ1n) is 7.57. The standard InChI is InChI=1S/C18H19ClN2O4/c1-24-9-8-20-17(22)12-4-3-5-13(10-12)18(23)21-14-6-7-16(25-2)15(19)11-14/h3-7,10-11H,8-9H2,1-2H3,(H,20,22)(H,21,23). The van der Waals surface area contributed by atoms with E-state index in [4.69, 9.17) is 21.1 Å². The number of ether oxygens (including phenoxy) is 2. The van der Waals surface area contributed by atoms with Gasteiger partial charge in [0.25, 0.3) is 11.8 Å². The second-order valence-corrected chi connectivity index (χ2v) is 5.54. The van der Waals surface area contributed by atoms with Gasteiger partial charge in [-0.15, -0.1) is 0 Å². The molecule has 0 heterocycles. The molecule has 0 aliphatic carbocycles. The maximum atomic E-state index is 12.4. The van der Waals surface area contributed by atoms with Gasteiger partial charge in [0.05, 0.1) is 18.7 Å². The van der Waals surface area contributed by atoms with Crippen LogP contribution in [0.2, 0.25) is 5.02 Å². The van der Waals surface area contributed by atoms with Crippen molar-refractivity contribution < 1.29 is 19.1 Å².